The van der Waals surface area contributed by atoms with E-state index in [2.05, 4.69) is 5.32 Å². The Balaban J connectivity index is 1.82. The lowest BCUT2D eigenvalue weighted by molar-refractivity contribution is -0.136. The van der Waals surface area contributed by atoms with Crippen LogP contribution in [0, 0.1) is 5.92 Å². The van der Waals surface area contributed by atoms with Crippen LogP contribution in [0.25, 0.3) is 0 Å². The van der Waals surface area contributed by atoms with Crippen molar-refractivity contribution in [2.75, 3.05) is 39.3 Å². The molecule has 1 heterocycles. The first-order chi connectivity index (χ1) is 14.5. The van der Waals surface area contributed by atoms with Crippen LogP contribution in [0.1, 0.15) is 51.1 Å². The molecule has 7 nitrogen and oxygen atoms in total. The molecule has 1 saturated carbocycles. The van der Waals surface area contributed by atoms with Crippen LogP contribution in [0.5, 0.6) is 0 Å². The van der Waals surface area contributed by atoms with Crippen molar-refractivity contribution in [3.63, 3.8) is 0 Å². The van der Waals surface area contributed by atoms with Gasteiger partial charge in [0.25, 0.3) is 0 Å². The number of hydrogen-bond acceptors (Lipinski definition) is 3. The summed E-state index contributed by atoms with van der Waals surface area (Å²) in [4.78, 5) is 44.2. The number of rotatable bonds is 4. The van der Waals surface area contributed by atoms with Crippen LogP contribution in [0.2, 0.25) is 0 Å². The number of carbonyl (C=O) groups excluding carboxylic acids is 3. The molecule has 1 aromatic rings. The van der Waals surface area contributed by atoms with Gasteiger partial charge >= 0.3 is 6.03 Å². The van der Waals surface area contributed by atoms with E-state index in [0.717, 1.165) is 18.4 Å². The Bertz CT molecular complexity index is 731. The fourth-order valence-electron chi connectivity index (χ4n) is 4.07. The number of amides is 4. The van der Waals surface area contributed by atoms with Gasteiger partial charge in [0.05, 0.1) is 12.5 Å². The summed E-state index contributed by atoms with van der Waals surface area (Å²) in [6.07, 6.45) is 2.79. The molecule has 2 fully saturated rings. The number of urea groups is 1. The fourth-order valence-corrected chi connectivity index (χ4v) is 4.07. The van der Waals surface area contributed by atoms with Gasteiger partial charge in [0.1, 0.15) is 0 Å². The van der Waals surface area contributed by atoms with E-state index in [0.29, 0.717) is 45.7 Å². The minimum Gasteiger partial charge on any atom is -0.354 e. The van der Waals surface area contributed by atoms with Gasteiger partial charge in [-0.3, -0.25) is 9.59 Å². The predicted octanol–water partition coefficient (Wildman–Crippen LogP) is 2.64. The van der Waals surface area contributed by atoms with E-state index < -0.39 is 0 Å². The molecule has 2 aliphatic rings. The molecule has 1 N–H and O–H groups in total. The van der Waals surface area contributed by atoms with Gasteiger partial charge in [0.15, 0.2) is 0 Å². The summed E-state index contributed by atoms with van der Waals surface area (Å²) in [6.45, 7) is 7.26. The highest BCUT2D eigenvalue weighted by Gasteiger charge is 2.37. The SMILES string of the molecule is CCN(CC)C(=O)N1CCCN(C(=O)C2CC2)C(c2ccccc2)CC(=O)NCC1. The van der Waals surface area contributed by atoms with Crippen molar-refractivity contribution >= 4 is 17.8 Å². The lowest BCUT2D eigenvalue weighted by Gasteiger charge is -2.33. The second-order valence-electron chi connectivity index (χ2n) is 8.08. The van der Waals surface area contributed by atoms with Crippen LogP contribution in [-0.4, -0.2) is 71.8 Å². The topological polar surface area (TPSA) is 73.0 Å². The number of hydrogen-bond donors (Lipinski definition) is 1. The van der Waals surface area contributed by atoms with Gasteiger partial charge in [-0.25, -0.2) is 4.79 Å². The van der Waals surface area contributed by atoms with E-state index in [-0.39, 0.29) is 36.2 Å². The lowest BCUT2D eigenvalue weighted by atomic mass is 10.0. The van der Waals surface area contributed by atoms with E-state index in [4.69, 9.17) is 0 Å². The second-order valence-corrected chi connectivity index (χ2v) is 8.08. The third kappa shape index (κ3) is 5.52. The Morgan fingerprint density at radius 2 is 1.77 bits per heavy atom. The van der Waals surface area contributed by atoms with Crippen LogP contribution < -0.4 is 5.32 Å². The van der Waals surface area contributed by atoms with Gasteiger partial charge in [0, 0.05) is 45.2 Å². The molecule has 1 aliphatic carbocycles. The molecule has 4 amide bonds. The molecule has 3 rings (SSSR count). The van der Waals surface area contributed by atoms with Crippen molar-refractivity contribution in [2.45, 2.75) is 45.6 Å². The third-order valence-corrected chi connectivity index (χ3v) is 5.98. The second kappa shape index (κ2) is 10.5. The molecule has 0 radical (unpaired) electrons. The molecule has 7 heteroatoms. The highest BCUT2D eigenvalue weighted by molar-refractivity contribution is 5.83. The average molecular weight is 415 g/mol. The maximum absolute atomic E-state index is 13.1. The summed E-state index contributed by atoms with van der Waals surface area (Å²) in [6, 6.07) is 9.53. The number of carbonyl (C=O) groups is 3. The zero-order valence-corrected chi connectivity index (χ0v) is 18.2. The minimum atomic E-state index is -0.274. The van der Waals surface area contributed by atoms with Crippen LogP contribution in [0.4, 0.5) is 4.79 Å². The molecule has 0 bridgehead atoms. The molecule has 1 saturated heterocycles. The van der Waals surface area contributed by atoms with Gasteiger partial charge in [-0.2, -0.15) is 0 Å². The van der Waals surface area contributed by atoms with Crippen molar-refractivity contribution in [3.8, 4) is 0 Å². The number of nitrogens with zero attached hydrogens (tertiary/aromatic N) is 3. The first-order valence-corrected chi connectivity index (χ1v) is 11.2. The lowest BCUT2D eigenvalue weighted by Crippen LogP contribution is -2.46. The fraction of sp³-hybridized carbons (Fsp3) is 0.609. The Morgan fingerprint density at radius 1 is 1.07 bits per heavy atom. The molecule has 1 unspecified atom stereocenters. The molecular formula is C23H34N4O3. The zero-order chi connectivity index (χ0) is 21.5. The van der Waals surface area contributed by atoms with Crippen molar-refractivity contribution < 1.29 is 14.4 Å². The summed E-state index contributed by atoms with van der Waals surface area (Å²) >= 11 is 0. The van der Waals surface area contributed by atoms with Crippen LogP contribution >= 0.6 is 0 Å². The van der Waals surface area contributed by atoms with Crippen molar-refractivity contribution in [2.24, 2.45) is 5.92 Å². The molecule has 30 heavy (non-hydrogen) atoms. The smallest absolute Gasteiger partial charge is 0.320 e. The van der Waals surface area contributed by atoms with Crippen molar-refractivity contribution in [3.05, 3.63) is 35.9 Å². The predicted molar refractivity (Wildman–Crippen MR) is 116 cm³/mol. The van der Waals surface area contributed by atoms with Gasteiger partial charge in [-0.15, -0.1) is 0 Å². The van der Waals surface area contributed by atoms with Crippen LogP contribution in [-0.2, 0) is 9.59 Å². The number of benzene rings is 1. The van der Waals surface area contributed by atoms with Gasteiger partial charge in [-0.1, -0.05) is 30.3 Å². The summed E-state index contributed by atoms with van der Waals surface area (Å²) in [7, 11) is 0. The normalized spacial score (nSPS) is 20.9. The Labute approximate surface area is 179 Å². The van der Waals surface area contributed by atoms with E-state index >= 15 is 0 Å². The quantitative estimate of drug-likeness (QED) is 0.823. The first kappa shape index (κ1) is 22.1. The molecule has 1 aliphatic heterocycles. The van der Waals surface area contributed by atoms with E-state index in [1.807, 2.05) is 49.1 Å². The Morgan fingerprint density at radius 3 is 2.40 bits per heavy atom. The van der Waals surface area contributed by atoms with E-state index in [1.54, 1.807) is 9.80 Å². The zero-order valence-electron chi connectivity index (χ0n) is 18.2. The van der Waals surface area contributed by atoms with Crippen LogP contribution in [0.15, 0.2) is 30.3 Å². The van der Waals surface area contributed by atoms with Crippen LogP contribution in [0.3, 0.4) is 0 Å². The van der Waals surface area contributed by atoms with E-state index in [9.17, 15) is 14.4 Å². The van der Waals surface area contributed by atoms with E-state index in [1.165, 1.54) is 0 Å². The first-order valence-electron chi connectivity index (χ1n) is 11.2. The summed E-state index contributed by atoms with van der Waals surface area (Å²) in [5.41, 5.74) is 0.983. The molecular weight excluding hydrogens is 380 g/mol. The molecule has 1 atom stereocenters. The summed E-state index contributed by atoms with van der Waals surface area (Å²) in [5, 5.41) is 2.95. The highest BCUT2D eigenvalue weighted by atomic mass is 16.2. The highest BCUT2D eigenvalue weighted by Crippen LogP contribution is 2.35. The Hall–Kier alpha value is -2.57. The number of nitrogens with one attached hydrogen (secondary N) is 1. The molecule has 1 aromatic carbocycles. The summed E-state index contributed by atoms with van der Waals surface area (Å²) in [5.74, 6) is 0.130. The van der Waals surface area contributed by atoms with Crippen molar-refractivity contribution in [1.29, 1.82) is 0 Å². The maximum Gasteiger partial charge on any atom is 0.320 e. The van der Waals surface area contributed by atoms with Gasteiger partial charge in [-0.05, 0) is 38.7 Å². The monoisotopic (exact) mass is 414 g/mol. The average Bonchev–Trinajstić information content (AvgIpc) is 3.60. The van der Waals surface area contributed by atoms with Gasteiger partial charge < -0.3 is 20.0 Å². The molecule has 164 valence electrons. The largest absolute Gasteiger partial charge is 0.354 e. The summed E-state index contributed by atoms with van der Waals surface area (Å²) < 4.78 is 0. The van der Waals surface area contributed by atoms with Crippen molar-refractivity contribution in [1.82, 2.24) is 20.0 Å². The maximum atomic E-state index is 13.1. The molecule has 0 aromatic heterocycles. The standard InChI is InChI=1S/C23H34N4O3/c1-3-25(4-2)23(30)26-14-8-15-27(22(29)19-11-12-19)20(17-21(28)24-13-16-26)18-9-6-5-7-10-18/h5-7,9-10,19-20H,3-4,8,11-17H2,1-2H3,(H,24,28). The Kier molecular flexibility index (Phi) is 7.71. The minimum absolute atomic E-state index is 0.00632. The molecule has 0 spiro atoms. The third-order valence-electron chi connectivity index (χ3n) is 5.98. The van der Waals surface area contributed by atoms with Gasteiger partial charge in [0.2, 0.25) is 11.8 Å².